The molecule has 0 saturated carbocycles. The molecular formula is C12H16N6OS. The van der Waals surface area contributed by atoms with Gasteiger partial charge >= 0.3 is 0 Å². The maximum Gasteiger partial charge on any atom is 0.205 e. The van der Waals surface area contributed by atoms with Gasteiger partial charge in [0.2, 0.25) is 5.96 Å². The number of nitrogens with one attached hydrogen (secondary N) is 4. The highest BCUT2D eigenvalue weighted by molar-refractivity contribution is 7.80. The molecule has 1 aliphatic rings. The number of guanidine groups is 1. The molecular weight excluding hydrogens is 276 g/mol. The maximum absolute atomic E-state index is 7.28. The fourth-order valence-electron chi connectivity index (χ4n) is 1.74. The monoisotopic (exact) mass is 292 g/mol. The highest BCUT2D eigenvalue weighted by Crippen LogP contribution is 2.24. The van der Waals surface area contributed by atoms with Crippen LogP contribution in [0.25, 0.3) is 5.70 Å². The number of rotatable bonds is 3. The molecule has 0 fully saturated rings. The van der Waals surface area contributed by atoms with Gasteiger partial charge in [-0.05, 0) is 24.4 Å². The Morgan fingerprint density at radius 3 is 3.00 bits per heavy atom. The van der Waals surface area contributed by atoms with E-state index in [1.54, 1.807) is 18.3 Å². The van der Waals surface area contributed by atoms with Gasteiger partial charge in [0.15, 0.2) is 11.8 Å². The van der Waals surface area contributed by atoms with Crippen LogP contribution in [0.3, 0.4) is 0 Å². The highest BCUT2D eigenvalue weighted by Gasteiger charge is 2.18. The van der Waals surface area contributed by atoms with Crippen LogP contribution in [0, 0.1) is 5.41 Å². The molecule has 1 aromatic carbocycles. The predicted molar refractivity (Wildman–Crippen MR) is 82.5 cm³/mol. The molecule has 8 heteroatoms. The summed E-state index contributed by atoms with van der Waals surface area (Å²) in [5.41, 5.74) is 10.6. The Hall–Kier alpha value is -2.48. The SMILES string of the molecule is CNC(=S)Nc1cccc(C2=COCN2NC(=N)N)c1. The average molecular weight is 292 g/mol. The van der Waals surface area contributed by atoms with Crippen molar-refractivity contribution in [2.75, 3.05) is 19.1 Å². The zero-order valence-corrected chi connectivity index (χ0v) is 11.8. The first-order chi connectivity index (χ1) is 9.60. The van der Waals surface area contributed by atoms with Crippen molar-refractivity contribution >= 4 is 34.7 Å². The van der Waals surface area contributed by atoms with Crippen molar-refractivity contribution < 1.29 is 4.74 Å². The summed E-state index contributed by atoms with van der Waals surface area (Å²) < 4.78 is 5.26. The van der Waals surface area contributed by atoms with E-state index < -0.39 is 0 Å². The van der Waals surface area contributed by atoms with E-state index >= 15 is 0 Å². The van der Waals surface area contributed by atoms with Crippen molar-refractivity contribution in [3.8, 4) is 0 Å². The Labute approximate surface area is 122 Å². The normalized spacial score (nSPS) is 13.2. The number of hydrogen-bond acceptors (Lipinski definition) is 4. The number of thiocarbonyl (C=S) groups is 1. The number of benzene rings is 1. The molecule has 106 valence electrons. The molecule has 0 aromatic heterocycles. The highest BCUT2D eigenvalue weighted by atomic mass is 32.1. The van der Waals surface area contributed by atoms with Gasteiger partial charge in [0.05, 0.1) is 0 Å². The summed E-state index contributed by atoms with van der Waals surface area (Å²) in [4.78, 5) is 0. The third-order valence-electron chi connectivity index (χ3n) is 2.59. The van der Waals surface area contributed by atoms with Crippen molar-refractivity contribution in [1.29, 1.82) is 5.41 Å². The van der Waals surface area contributed by atoms with Crippen LogP contribution in [0.5, 0.6) is 0 Å². The second-order valence-corrected chi connectivity index (χ2v) is 4.45. The summed E-state index contributed by atoms with van der Waals surface area (Å²) in [6, 6.07) is 7.68. The van der Waals surface area contributed by atoms with Crippen LogP contribution in [-0.2, 0) is 4.74 Å². The molecule has 0 radical (unpaired) electrons. The predicted octanol–water partition coefficient (Wildman–Crippen LogP) is 0.589. The number of nitrogens with two attached hydrogens (primary N) is 1. The zero-order valence-electron chi connectivity index (χ0n) is 10.9. The van der Waals surface area contributed by atoms with Crippen molar-refractivity contribution in [3.05, 3.63) is 36.1 Å². The molecule has 0 unspecified atom stereocenters. The number of nitrogens with zero attached hydrogens (tertiary/aromatic N) is 1. The molecule has 0 aliphatic carbocycles. The summed E-state index contributed by atoms with van der Waals surface area (Å²) in [6.07, 6.45) is 1.62. The van der Waals surface area contributed by atoms with Gasteiger partial charge in [-0.1, -0.05) is 12.1 Å². The van der Waals surface area contributed by atoms with E-state index in [0.29, 0.717) is 11.8 Å². The molecule has 0 atom stereocenters. The van der Waals surface area contributed by atoms with Gasteiger partial charge < -0.3 is 21.1 Å². The first kappa shape index (κ1) is 13.9. The van der Waals surface area contributed by atoms with Gasteiger partial charge in [-0.3, -0.25) is 10.8 Å². The number of ether oxygens (including phenoxy) is 1. The van der Waals surface area contributed by atoms with Crippen LogP contribution in [0.2, 0.25) is 0 Å². The van der Waals surface area contributed by atoms with Gasteiger partial charge in [0, 0.05) is 18.3 Å². The standard InChI is InChI=1S/C12H16N6OS/c1-15-12(20)16-9-4-2-3-8(5-9)10-6-19-7-18(10)17-11(13)14/h2-6H,7H2,1H3,(H4,13,14,17)(H2,15,16,20). The lowest BCUT2D eigenvalue weighted by Crippen LogP contribution is -2.43. The summed E-state index contributed by atoms with van der Waals surface area (Å²) in [5, 5.41) is 15.4. The van der Waals surface area contributed by atoms with Crippen LogP contribution < -0.4 is 21.8 Å². The maximum atomic E-state index is 7.28. The third kappa shape index (κ3) is 3.29. The topological polar surface area (TPSA) is 98.4 Å². The van der Waals surface area contributed by atoms with E-state index in [-0.39, 0.29) is 5.96 Å². The van der Waals surface area contributed by atoms with Crippen LogP contribution in [-0.4, -0.2) is 29.9 Å². The fourth-order valence-corrected chi connectivity index (χ4v) is 1.85. The van der Waals surface area contributed by atoms with Crippen LogP contribution in [0.4, 0.5) is 5.69 Å². The Morgan fingerprint density at radius 1 is 1.50 bits per heavy atom. The van der Waals surface area contributed by atoms with E-state index in [0.717, 1.165) is 16.9 Å². The van der Waals surface area contributed by atoms with Crippen LogP contribution in [0.1, 0.15) is 5.56 Å². The van der Waals surface area contributed by atoms with Gasteiger partial charge in [-0.25, -0.2) is 5.01 Å². The number of hydrazine groups is 1. The van der Waals surface area contributed by atoms with E-state index in [1.165, 1.54) is 0 Å². The molecule has 2 rings (SSSR count). The van der Waals surface area contributed by atoms with Gasteiger partial charge in [0.1, 0.15) is 12.0 Å². The fraction of sp³-hybridized carbons (Fsp3) is 0.167. The van der Waals surface area contributed by atoms with E-state index in [1.807, 2.05) is 24.3 Å². The Kier molecular flexibility index (Phi) is 4.26. The molecule has 6 N–H and O–H groups in total. The summed E-state index contributed by atoms with van der Waals surface area (Å²) in [6.45, 7) is 0.293. The average Bonchev–Trinajstić information content (AvgIpc) is 2.86. The van der Waals surface area contributed by atoms with E-state index in [2.05, 4.69) is 16.1 Å². The molecule has 0 saturated heterocycles. The molecule has 20 heavy (non-hydrogen) atoms. The number of hydrogen-bond donors (Lipinski definition) is 5. The molecule has 0 amide bonds. The van der Waals surface area contributed by atoms with Crippen molar-refractivity contribution in [1.82, 2.24) is 15.8 Å². The smallest absolute Gasteiger partial charge is 0.205 e. The lowest BCUT2D eigenvalue weighted by molar-refractivity contribution is 0.157. The zero-order chi connectivity index (χ0) is 14.5. The van der Waals surface area contributed by atoms with Crippen molar-refractivity contribution in [2.24, 2.45) is 5.73 Å². The minimum atomic E-state index is -0.146. The van der Waals surface area contributed by atoms with Crippen LogP contribution in [0.15, 0.2) is 30.5 Å². The third-order valence-corrected chi connectivity index (χ3v) is 2.89. The Bertz CT molecular complexity index is 559. The first-order valence-corrected chi connectivity index (χ1v) is 6.30. The second kappa shape index (κ2) is 6.11. The van der Waals surface area contributed by atoms with Crippen LogP contribution >= 0.6 is 12.2 Å². The van der Waals surface area contributed by atoms with Gasteiger partial charge in [-0.15, -0.1) is 0 Å². The lowest BCUT2D eigenvalue weighted by Gasteiger charge is -2.21. The summed E-state index contributed by atoms with van der Waals surface area (Å²) in [5.74, 6) is -0.146. The quantitative estimate of drug-likeness (QED) is 0.316. The first-order valence-electron chi connectivity index (χ1n) is 5.89. The summed E-state index contributed by atoms with van der Waals surface area (Å²) in [7, 11) is 1.75. The lowest BCUT2D eigenvalue weighted by atomic mass is 10.1. The largest absolute Gasteiger partial charge is 0.477 e. The Balaban J connectivity index is 2.18. The molecule has 1 heterocycles. The van der Waals surface area contributed by atoms with Crippen molar-refractivity contribution in [3.63, 3.8) is 0 Å². The Morgan fingerprint density at radius 2 is 2.30 bits per heavy atom. The van der Waals surface area contributed by atoms with E-state index in [4.69, 9.17) is 28.1 Å². The molecule has 0 spiro atoms. The minimum Gasteiger partial charge on any atom is -0.477 e. The van der Waals surface area contributed by atoms with Gasteiger partial charge in [0.25, 0.3) is 0 Å². The molecule has 1 aromatic rings. The van der Waals surface area contributed by atoms with E-state index in [9.17, 15) is 0 Å². The van der Waals surface area contributed by atoms with Gasteiger partial charge in [-0.2, -0.15) is 0 Å². The van der Waals surface area contributed by atoms with Crippen molar-refractivity contribution in [2.45, 2.75) is 0 Å². The molecule has 7 nitrogen and oxygen atoms in total. The number of anilines is 1. The minimum absolute atomic E-state index is 0.146. The summed E-state index contributed by atoms with van der Waals surface area (Å²) >= 11 is 5.07. The second-order valence-electron chi connectivity index (χ2n) is 4.04. The molecule has 1 aliphatic heterocycles. The molecule has 0 bridgehead atoms.